The Morgan fingerprint density at radius 1 is 1.39 bits per heavy atom. The molecule has 0 aromatic carbocycles. The normalized spacial score (nSPS) is 10.8. The van der Waals surface area contributed by atoms with Crippen molar-refractivity contribution in [1.29, 1.82) is 0 Å². The average Bonchev–Trinajstić information content (AvgIpc) is 2.96. The molecule has 0 radical (unpaired) electrons. The van der Waals surface area contributed by atoms with Crippen molar-refractivity contribution < 1.29 is 4.74 Å². The summed E-state index contributed by atoms with van der Waals surface area (Å²) in [6, 6.07) is 3.85. The molecular formula is C15H22IN5OS. The highest BCUT2D eigenvalue weighted by atomic mass is 127. The van der Waals surface area contributed by atoms with E-state index in [0.29, 0.717) is 12.4 Å². The van der Waals surface area contributed by atoms with E-state index in [4.69, 9.17) is 4.74 Å². The quantitative estimate of drug-likeness (QED) is 0.404. The van der Waals surface area contributed by atoms with Crippen LogP contribution in [0.1, 0.15) is 16.3 Å². The summed E-state index contributed by atoms with van der Waals surface area (Å²) in [4.78, 5) is 12.7. The van der Waals surface area contributed by atoms with E-state index in [1.807, 2.05) is 19.1 Å². The maximum absolute atomic E-state index is 5.11. The van der Waals surface area contributed by atoms with Gasteiger partial charge in [-0.1, -0.05) is 0 Å². The Balaban J connectivity index is 0.00000264. The molecular weight excluding hydrogens is 425 g/mol. The molecule has 0 aliphatic rings. The van der Waals surface area contributed by atoms with Crippen molar-refractivity contribution in [2.24, 2.45) is 4.99 Å². The molecule has 0 amide bonds. The Morgan fingerprint density at radius 2 is 2.22 bits per heavy atom. The minimum absolute atomic E-state index is 0. The van der Waals surface area contributed by atoms with Crippen LogP contribution in [0.25, 0.3) is 0 Å². The summed E-state index contributed by atoms with van der Waals surface area (Å²) >= 11 is 1.68. The number of hydrogen-bond acceptors (Lipinski definition) is 5. The van der Waals surface area contributed by atoms with Crippen LogP contribution >= 0.6 is 35.3 Å². The first-order valence-electron chi connectivity index (χ1n) is 7.05. The summed E-state index contributed by atoms with van der Waals surface area (Å²) in [5, 5.41) is 9.74. The highest BCUT2D eigenvalue weighted by Crippen LogP contribution is 2.08. The lowest BCUT2D eigenvalue weighted by atomic mass is 10.2. The third-order valence-electron chi connectivity index (χ3n) is 3.03. The summed E-state index contributed by atoms with van der Waals surface area (Å²) in [6.45, 7) is 3.47. The Labute approximate surface area is 157 Å². The molecule has 0 aliphatic carbocycles. The molecule has 0 spiro atoms. The number of halogens is 1. The first kappa shape index (κ1) is 19.6. The zero-order valence-electron chi connectivity index (χ0n) is 13.5. The first-order chi connectivity index (χ1) is 10.7. The van der Waals surface area contributed by atoms with Gasteiger partial charge in [0.2, 0.25) is 5.88 Å². The van der Waals surface area contributed by atoms with Crippen LogP contribution in [0.15, 0.2) is 28.7 Å². The van der Waals surface area contributed by atoms with E-state index in [1.165, 1.54) is 0 Å². The summed E-state index contributed by atoms with van der Waals surface area (Å²) in [7, 11) is 3.37. The predicted molar refractivity (Wildman–Crippen MR) is 105 cm³/mol. The number of aryl methyl sites for hydroxylation is 1. The molecule has 0 saturated carbocycles. The molecule has 2 rings (SSSR count). The van der Waals surface area contributed by atoms with Crippen LogP contribution in [0.4, 0.5) is 0 Å². The van der Waals surface area contributed by atoms with Gasteiger partial charge >= 0.3 is 0 Å². The molecule has 0 aliphatic heterocycles. The molecule has 2 N–H and O–H groups in total. The number of rotatable bonds is 6. The fraction of sp³-hybridized carbons (Fsp3) is 0.400. The van der Waals surface area contributed by atoms with Crippen molar-refractivity contribution in [3.05, 3.63) is 40.0 Å². The predicted octanol–water partition coefficient (Wildman–Crippen LogP) is 2.38. The van der Waals surface area contributed by atoms with Crippen molar-refractivity contribution in [1.82, 2.24) is 20.6 Å². The minimum Gasteiger partial charge on any atom is -0.481 e. The number of nitrogens with zero attached hydrogens (tertiary/aromatic N) is 3. The lowest BCUT2D eigenvalue weighted by molar-refractivity contribution is 0.397. The van der Waals surface area contributed by atoms with Gasteiger partial charge < -0.3 is 15.4 Å². The van der Waals surface area contributed by atoms with Gasteiger partial charge in [0.25, 0.3) is 0 Å². The molecule has 2 heterocycles. The van der Waals surface area contributed by atoms with Crippen LogP contribution in [0.2, 0.25) is 0 Å². The molecule has 6 nitrogen and oxygen atoms in total. The highest BCUT2D eigenvalue weighted by molar-refractivity contribution is 14.0. The van der Waals surface area contributed by atoms with Crippen LogP contribution in [-0.2, 0) is 13.0 Å². The van der Waals surface area contributed by atoms with Gasteiger partial charge in [-0.3, -0.25) is 4.99 Å². The van der Waals surface area contributed by atoms with Crippen molar-refractivity contribution >= 4 is 41.3 Å². The van der Waals surface area contributed by atoms with Gasteiger partial charge in [-0.25, -0.2) is 9.97 Å². The third-order valence-corrected chi connectivity index (χ3v) is 3.85. The fourth-order valence-corrected chi connectivity index (χ4v) is 2.56. The van der Waals surface area contributed by atoms with Crippen LogP contribution in [0.5, 0.6) is 5.88 Å². The van der Waals surface area contributed by atoms with Gasteiger partial charge in [0.15, 0.2) is 5.96 Å². The zero-order valence-corrected chi connectivity index (χ0v) is 16.6. The maximum atomic E-state index is 5.11. The molecule has 23 heavy (non-hydrogen) atoms. The second-order valence-corrected chi connectivity index (χ2v) is 5.73. The summed E-state index contributed by atoms with van der Waals surface area (Å²) in [5.74, 6) is 1.38. The fourth-order valence-electron chi connectivity index (χ4n) is 1.91. The smallest absolute Gasteiger partial charge is 0.213 e. The first-order valence-corrected chi connectivity index (χ1v) is 7.93. The number of aromatic nitrogens is 2. The van der Waals surface area contributed by atoms with Gasteiger partial charge in [0, 0.05) is 44.2 Å². The molecule has 0 atom stereocenters. The van der Waals surface area contributed by atoms with Crippen LogP contribution in [-0.4, -0.2) is 36.6 Å². The standard InChI is InChI=1S/C15H21N5OS.HI/c1-11-20-13(10-22-11)5-7-18-15(16-2)19-9-12-4-6-17-14(8-12)21-3;/h4,6,8,10H,5,7,9H2,1-3H3,(H2,16,18,19);1H. The van der Waals surface area contributed by atoms with E-state index >= 15 is 0 Å². The Bertz CT molecular complexity index is 632. The van der Waals surface area contributed by atoms with Crippen LogP contribution in [0.3, 0.4) is 0 Å². The maximum Gasteiger partial charge on any atom is 0.213 e. The SMILES string of the molecule is CN=C(NCCc1csc(C)n1)NCc1ccnc(OC)c1.I. The number of nitrogens with one attached hydrogen (secondary N) is 2. The van der Waals surface area contributed by atoms with Crippen molar-refractivity contribution in [2.45, 2.75) is 19.9 Å². The van der Waals surface area contributed by atoms with Gasteiger partial charge in [0.1, 0.15) is 0 Å². The third kappa shape index (κ3) is 6.69. The topological polar surface area (TPSA) is 71.4 Å². The summed E-state index contributed by atoms with van der Waals surface area (Å²) < 4.78 is 5.11. The average molecular weight is 447 g/mol. The van der Waals surface area contributed by atoms with Gasteiger partial charge in [-0.2, -0.15) is 0 Å². The second-order valence-electron chi connectivity index (χ2n) is 4.67. The number of pyridine rings is 1. The van der Waals surface area contributed by atoms with Crippen molar-refractivity contribution in [2.75, 3.05) is 20.7 Å². The zero-order chi connectivity index (χ0) is 15.8. The van der Waals surface area contributed by atoms with Gasteiger partial charge in [-0.15, -0.1) is 35.3 Å². The summed E-state index contributed by atoms with van der Waals surface area (Å²) in [6.07, 6.45) is 2.62. The Kier molecular flexibility index (Phi) is 8.85. The number of aliphatic imine (C=N–C) groups is 1. The Morgan fingerprint density at radius 3 is 2.87 bits per heavy atom. The highest BCUT2D eigenvalue weighted by Gasteiger charge is 2.02. The van der Waals surface area contributed by atoms with Crippen molar-refractivity contribution in [3.8, 4) is 5.88 Å². The van der Waals surface area contributed by atoms with E-state index in [2.05, 4.69) is 31.0 Å². The van der Waals surface area contributed by atoms with Gasteiger partial charge in [-0.05, 0) is 18.6 Å². The molecule has 0 bridgehead atoms. The lowest BCUT2D eigenvalue weighted by Gasteiger charge is -2.11. The van der Waals surface area contributed by atoms with Gasteiger partial charge in [0.05, 0.1) is 17.8 Å². The monoisotopic (exact) mass is 447 g/mol. The Hall–Kier alpha value is -1.42. The largest absolute Gasteiger partial charge is 0.481 e. The number of hydrogen-bond donors (Lipinski definition) is 2. The second kappa shape index (κ2) is 10.4. The molecule has 2 aromatic rings. The number of ether oxygens (including phenoxy) is 1. The molecule has 2 aromatic heterocycles. The van der Waals surface area contributed by atoms with Crippen molar-refractivity contribution in [3.63, 3.8) is 0 Å². The number of guanidine groups is 1. The van der Waals surface area contributed by atoms with E-state index in [1.54, 1.807) is 31.7 Å². The van der Waals surface area contributed by atoms with Crippen LogP contribution < -0.4 is 15.4 Å². The van der Waals surface area contributed by atoms with E-state index in [0.717, 1.165) is 35.2 Å². The minimum atomic E-state index is 0. The molecule has 0 saturated heterocycles. The van der Waals surface area contributed by atoms with E-state index in [-0.39, 0.29) is 24.0 Å². The molecule has 0 fully saturated rings. The number of methoxy groups -OCH3 is 1. The molecule has 8 heteroatoms. The molecule has 0 unspecified atom stereocenters. The van der Waals surface area contributed by atoms with E-state index in [9.17, 15) is 0 Å². The lowest BCUT2D eigenvalue weighted by Crippen LogP contribution is -2.37. The number of thiazole rings is 1. The summed E-state index contributed by atoms with van der Waals surface area (Å²) in [5.41, 5.74) is 2.20. The van der Waals surface area contributed by atoms with Crippen LogP contribution in [0, 0.1) is 6.92 Å². The molecule has 126 valence electrons. The van der Waals surface area contributed by atoms with E-state index < -0.39 is 0 Å².